The van der Waals surface area contributed by atoms with E-state index in [1.807, 2.05) is 18.5 Å². The van der Waals surface area contributed by atoms with Crippen LogP contribution in [0.2, 0.25) is 0 Å². The fourth-order valence-electron chi connectivity index (χ4n) is 1.91. The van der Waals surface area contributed by atoms with E-state index < -0.39 is 0 Å². The van der Waals surface area contributed by atoms with Gasteiger partial charge in [0.05, 0.1) is 0 Å². The molecule has 0 N–H and O–H groups in total. The zero-order valence-electron chi connectivity index (χ0n) is 10.5. The van der Waals surface area contributed by atoms with Crippen LogP contribution >= 0.6 is 0 Å². The van der Waals surface area contributed by atoms with E-state index in [0.717, 1.165) is 18.7 Å². The van der Waals surface area contributed by atoms with Crippen molar-refractivity contribution in [2.75, 3.05) is 0 Å². The minimum atomic E-state index is 0.0585. The van der Waals surface area contributed by atoms with Gasteiger partial charge in [-0.05, 0) is 17.9 Å². The van der Waals surface area contributed by atoms with Crippen LogP contribution in [-0.2, 0) is 5.41 Å². The highest BCUT2D eigenvalue weighted by Gasteiger charge is 2.41. The summed E-state index contributed by atoms with van der Waals surface area (Å²) in [6.45, 7) is 11.3. The van der Waals surface area contributed by atoms with E-state index in [1.165, 1.54) is 0 Å². The summed E-state index contributed by atoms with van der Waals surface area (Å²) >= 11 is 0. The van der Waals surface area contributed by atoms with Gasteiger partial charge in [-0.15, -0.1) is 0 Å². The Hall–Kier alpha value is -0.920. The van der Waals surface area contributed by atoms with Gasteiger partial charge in [-0.3, -0.25) is 0 Å². The maximum absolute atomic E-state index is 4.42. The Labute approximate surface area is 93.2 Å². The predicted molar refractivity (Wildman–Crippen MR) is 63.7 cm³/mol. The van der Waals surface area contributed by atoms with Crippen LogP contribution in [0.15, 0.2) is 18.5 Å². The molecule has 0 bridgehead atoms. The molecule has 0 amide bonds. The molecule has 0 aliphatic rings. The van der Waals surface area contributed by atoms with Crippen LogP contribution in [0.3, 0.4) is 0 Å². The van der Waals surface area contributed by atoms with E-state index in [0.29, 0.717) is 0 Å². The number of aromatic nitrogens is 2. The Balaban J connectivity index is 3.17. The Bertz CT molecular complexity index is 306. The average molecular weight is 206 g/mol. The maximum atomic E-state index is 4.42. The molecule has 84 valence electrons. The zero-order valence-corrected chi connectivity index (χ0v) is 10.5. The van der Waals surface area contributed by atoms with E-state index >= 15 is 0 Å². The maximum Gasteiger partial charge on any atom is 0.134 e. The van der Waals surface area contributed by atoms with E-state index in [-0.39, 0.29) is 10.8 Å². The molecule has 2 nitrogen and oxygen atoms in total. The summed E-state index contributed by atoms with van der Waals surface area (Å²) in [4.78, 5) is 8.85. The third kappa shape index (κ3) is 2.04. The Morgan fingerprint density at radius 3 is 1.93 bits per heavy atom. The van der Waals surface area contributed by atoms with E-state index in [2.05, 4.69) is 44.6 Å². The fraction of sp³-hybridized carbons (Fsp3) is 0.692. The van der Waals surface area contributed by atoms with Gasteiger partial charge in [0.25, 0.3) is 0 Å². The molecule has 15 heavy (non-hydrogen) atoms. The molecule has 0 fully saturated rings. The summed E-state index contributed by atoms with van der Waals surface area (Å²) in [6.07, 6.45) is 5.87. The van der Waals surface area contributed by atoms with Crippen molar-refractivity contribution in [3.8, 4) is 0 Å². The first-order valence-corrected chi connectivity index (χ1v) is 5.75. The van der Waals surface area contributed by atoms with Gasteiger partial charge in [0, 0.05) is 17.8 Å². The lowest BCUT2D eigenvalue weighted by Gasteiger charge is -2.42. The summed E-state index contributed by atoms with van der Waals surface area (Å²) in [5.41, 5.74) is 0.284. The largest absolute Gasteiger partial charge is 0.241 e. The Kier molecular flexibility index (Phi) is 3.48. The summed E-state index contributed by atoms with van der Waals surface area (Å²) < 4.78 is 0. The van der Waals surface area contributed by atoms with Crippen LogP contribution in [-0.4, -0.2) is 9.97 Å². The molecule has 1 aromatic heterocycles. The highest BCUT2D eigenvalue weighted by molar-refractivity contribution is 5.11. The third-order valence-corrected chi connectivity index (χ3v) is 4.14. The lowest BCUT2D eigenvalue weighted by Crippen LogP contribution is -2.39. The van der Waals surface area contributed by atoms with E-state index in [4.69, 9.17) is 0 Å². The molecule has 1 unspecified atom stereocenters. The molecule has 1 heterocycles. The SMILES string of the molecule is CCC(C)(C)C(C)(CC)c1ncccn1. The molecule has 1 atom stereocenters. The standard InChI is InChI=1S/C13H22N2/c1-6-12(3,4)13(5,7-2)11-14-9-8-10-15-11/h8-10H,6-7H2,1-5H3. The van der Waals surface area contributed by atoms with Crippen LogP contribution in [0.4, 0.5) is 0 Å². The van der Waals surface area contributed by atoms with Crippen molar-refractivity contribution in [2.24, 2.45) is 5.41 Å². The van der Waals surface area contributed by atoms with Gasteiger partial charge in [0.1, 0.15) is 5.82 Å². The molecule has 1 aromatic rings. The first-order chi connectivity index (χ1) is 6.98. The molecule has 0 aliphatic carbocycles. The number of nitrogens with zero attached hydrogens (tertiary/aromatic N) is 2. The average Bonchev–Trinajstić information content (AvgIpc) is 2.29. The van der Waals surface area contributed by atoms with Crippen molar-refractivity contribution in [1.82, 2.24) is 9.97 Å². The molecule has 0 radical (unpaired) electrons. The molecular formula is C13H22N2. The van der Waals surface area contributed by atoms with Crippen molar-refractivity contribution >= 4 is 0 Å². The summed E-state index contributed by atoms with van der Waals surface area (Å²) in [5.74, 6) is 0.972. The van der Waals surface area contributed by atoms with Gasteiger partial charge in [-0.1, -0.05) is 41.0 Å². The molecular weight excluding hydrogens is 184 g/mol. The van der Waals surface area contributed by atoms with Crippen molar-refractivity contribution in [3.63, 3.8) is 0 Å². The fourth-order valence-corrected chi connectivity index (χ4v) is 1.91. The highest BCUT2D eigenvalue weighted by atomic mass is 14.9. The molecule has 2 heteroatoms. The molecule has 0 saturated heterocycles. The zero-order chi connectivity index (χ0) is 11.5. The van der Waals surface area contributed by atoms with Gasteiger partial charge in [0.2, 0.25) is 0 Å². The molecule has 0 aliphatic heterocycles. The smallest absolute Gasteiger partial charge is 0.134 e. The summed E-state index contributed by atoms with van der Waals surface area (Å²) in [7, 11) is 0. The quantitative estimate of drug-likeness (QED) is 0.752. The van der Waals surface area contributed by atoms with Gasteiger partial charge in [-0.2, -0.15) is 0 Å². The third-order valence-electron chi connectivity index (χ3n) is 4.14. The number of rotatable bonds is 4. The van der Waals surface area contributed by atoms with E-state index in [9.17, 15) is 0 Å². The molecule has 0 saturated carbocycles. The first kappa shape index (κ1) is 12.2. The second-order valence-corrected chi connectivity index (χ2v) is 5.00. The van der Waals surface area contributed by atoms with Gasteiger partial charge < -0.3 is 0 Å². The van der Waals surface area contributed by atoms with Gasteiger partial charge in [-0.25, -0.2) is 9.97 Å². The van der Waals surface area contributed by atoms with Crippen LogP contribution in [0.1, 0.15) is 53.3 Å². The lowest BCUT2D eigenvalue weighted by molar-refractivity contribution is 0.153. The van der Waals surface area contributed by atoms with Crippen molar-refractivity contribution in [3.05, 3.63) is 24.3 Å². The Morgan fingerprint density at radius 2 is 1.53 bits per heavy atom. The van der Waals surface area contributed by atoms with Crippen molar-refractivity contribution in [1.29, 1.82) is 0 Å². The lowest BCUT2D eigenvalue weighted by atomic mass is 9.63. The minimum Gasteiger partial charge on any atom is -0.241 e. The Morgan fingerprint density at radius 1 is 1.00 bits per heavy atom. The molecule has 1 rings (SSSR count). The van der Waals surface area contributed by atoms with Crippen LogP contribution < -0.4 is 0 Å². The van der Waals surface area contributed by atoms with Gasteiger partial charge >= 0.3 is 0 Å². The minimum absolute atomic E-state index is 0.0585. The topological polar surface area (TPSA) is 25.8 Å². The van der Waals surface area contributed by atoms with Gasteiger partial charge in [0.15, 0.2) is 0 Å². The molecule has 0 aromatic carbocycles. The second-order valence-electron chi connectivity index (χ2n) is 5.00. The van der Waals surface area contributed by atoms with E-state index in [1.54, 1.807) is 0 Å². The monoisotopic (exact) mass is 206 g/mol. The van der Waals surface area contributed by atoms with Crippen LogP contribution in [0, 0.1) is 5.41 Å². The highest BCUT2D eigenvalue weighted by Crippen LogP contribution is 2.44. The molecule has 0 spiro atoms. The summed E-state index contributed by atoms with van der Waals surface area (Å²) in [6, 6.07) is 1.87. The first-order valence-electron chi connectivity index (χ1n) is 5.75. The van der Waals surface area contributed by atoms with Crippen molar-refractivity contribution < 1.29 is 0 Å². The summed E-state index contributed by atoms with van der Waals surface area (Å²) in [5, 5.41) is 0. The van der Waals surface area contributed by atoms with Crippen LogP contribution in [0.5, 0.6) is 0 Å². The number of hydrogen-bond acceptors (Lipinski definition) is 2. The van der Waals surface area contributed by atoms with Crippen LogP contribution in [0.25, 0.3) is 0 Å². The predicted octanol–water partition coefficient (Wildman–Crippen LogP) is 3.58. The van der Waals surface area contributed by atoms with Crippen molar-refractivity contribution in [2.45, 2.75) is 52.9 Å². The normalized spacial score (nSPS) is 16.1. The number of hydrogen-bond donors (Lipinski definition) is 0. The second kappa shape index (κ2) is 4.30.